The summed E-state index contributed by atoms with van der Waals surface area (Å²) in [5, 5.41) is 4.39. The van der Waals surface area contributed by atoms with Gasteiger partial charge in [0.15, 0.2) is 0 Å². The molecule has 0 aliphatic carbocycles. The molecule has 2 atom stereocenters. The van der Waals surface area contributed by atoms with Crippen LogP contribution >= 0.6 is 23.2 Å². The number of hydrogen-bond donors (Lipinski definition) is 2. The fraction of sp³-hybridized carbons (Fsp3) is 0.500. The summed E-state index contributed by atoms with van der Waals surface area (Å²) in [6.45, 7) is 2.90. The molecule has 0 amide bonds. The summed E-state index contributed by atoms with van der Waals surface area (Å²) in [6, 6.07) is 3.56. The maximum atomic E-state index is 6.12. The lowest BCUT2D eigenvalue weighted by molar-refractivity contribution is 0.0997. The zero-order chi connectivity index (χ0) is 12.4. The third-order valence-electron chi connectivity index (χ3n) is 2.96. The fourth-order valence-electron chi connectivity index (χ4n) is 2.05. The first-order valence-corrected chi connectivity index (χ1v) is 6.46. The Morgan fingerprint density at radius 3 is 2.59 bits per heavy atom. The molecule has 0 spiro atoms. The molecule has 1 aromatic rings. The van der Waals surface area contributed by atoms with E-state index >= 15 is 0 Å². The Balaban J connectivity index is 2.12. The zero-order valence-corrected chi connectivity index (χ0v) is 11.2. The molecule has 2 unspecified atom stereocenters. The lowest BCUT2D eigenvalue weighted by atomic mass is 10.1. The highest BCUT2D eigenvalue weighted by atomic mass is 35.5. The molecule has 0 radical (unpaired) electrons. The van der Waals surface area contributed by atoms with Gasteiger partial charge in [0.2, 0.25) is 0 Å². The summed E-state index contributed by atoms with van der Waals surface area (Å²) in [6.07, 6.45) is 2.40. The van der Waals surface area contributed by atoms with Crippen molar-refractivity contribution in [2.45, 2.75) is 31.9 Å². The quantitative estimate of drug-likeness (QED) is 0.829. The Morgan fingerprint density at radius 2 is 2.06 bits per heavy atom. The molecular formula is C12H16Cl2N2O. The monoisotopic (exact) mass is 274 g/mol. The van der Waals surface area contributed by atoms with E-state index in [-0.39, 0.29) is 12.1 Å². The van der Waals surface area contributed by atoms with Gasteiger partial charge in [0.05, 0.1) is 21.8 Å². The van der Waals surface area contributed by atoms with E-state index in [1.807, 2.05) is 0 Å². The van der Waals surface area contributed by atoms with Crippen LogP contribution in [0, 0.1) is 0 Å². The molecular weight excluding hydrogens is 259 g/mol. The van der Waals surface area contributed by atoms with E-state index in [4.69, 9.17) is 33.7 Å². The molecule has 1 aliphatic rings. The van der Waals surface area contributed by atoms with E-state index in [2.05, 4.69) is 12.2 Å². The Hall–Kier alpha value is -0.640. The van der Waals surface area contributed by atoms with E-state index in [1.165, 1.54) is 0 Å². The van der Waals surface area contributed by atoms with Gasteiger partial charge in [-0.3, -0.25) is 0 Å². The Morgan fingerprint density at radius 1 is 1.41 bits per heavy atom. The third kappa shape index (κ3) is 2.97. The van der Waals surface area contributed by atoms with Gasteiger partial charge in [-0.15, -0.1) is 0 Å². The van der Waals surface area contributed by atoms with E-state index in [9.17, 15) is 0 Å². The largest absolute Gasteiger partial charge is 0.399 e. The minimum atomic E-state index is 0.177. The summed E-state index contributed by atoms with van der Waals surface area (Å²) in [7, 11) is 0. The molecule has 3 N–H and O–H groups in total. The zero-order valence-electron chi connectivity index (χ0n) is 9.67. The standard InChI is InChI=1S/C12H16Cl2N2O/c1-7(11-3-2-4-17-11)16-12-9(13)5-8(15)6-10(12)14/h5-7,11,16H,2-4,15H2,1H3. The van der Waals surface area contributed by atoms with Crippen LogP contribution in [-0.4, -0.2) is 18.8 Å². The molecule has 17 heavy (non-hydrogen) atoms. The van der Waals surface area contributed by atoms with Crippen molar-refractivity contribution in [1.82, 2.24) is 0 Å². The molecule has 2 rings (SSSR count). The van der Waals surface area contributed by atoms with Crippen molar-refractivity contribution in [3.63, 3.8) is 0 Å². The molecule has 5 heteroatoms. The molecule has 1 aromatic carbocycles. The molecule has 1 aliphatic heterocycles. The van der Waals surface area contributed by atoms with Gasteiger partial charge in [-0.1, -0.05) is 23.2 Å². The van der Waals surface area contributed by atoms with E-state index < -0.39 is 0 Å². The highest BCUT2D eigenvalue weighted by molar-refractivity contribution is 6.39. The van der Waals surface area contributed by atoms with Crippen molar-refractivity contribution in [3.05, 3.63) is 22.2 Å². The normalized spacial score (nSPS) is 21.5. The number of ether oxygens (including phenoxy) is 1. The fourth-order valence-corrected chi connectivity index (χ4v) is 2.66. The second-order valence-corrected chi connectivity index (χ2v) is 5.16. The number of nitrogens with one attached hydrogen (secondary N) is 1. The van der Waals surface area contributed by atoms with Crippen molar-refractivity contribution in [3.8, 4) is 0 Å². The van der Waals surface area contributed by atoms with Crippen LogP contribution in [0.25, 0.3) is 0 Å². The van der Waals surface area contributed by atoms with Crippen LogP contribution < -0.4 is 11.1 Å². The molecule has 1 saturated heterocycles. The van der Waals surface area contributed by atoms with Gasteiger partial charge in [-0.25, -0.2) is 0 Å². The predicted molar refractivity (Wildman–Crippen MR) is 72.9 cm³/mol. The molecule has 0 aromatic heterocycles. The Labute approximate surface area is 111 Å². The first-order valence-electron chi connectivity index (χ1n) is 5.70. The number of rotatable bonds is 3. The average Bonchev–Trinajstić information content (AvgIpc) is 2.76. The van der Waals surface area contributed by atoms with E-state index in [1.54, 1.807) is 12.1 Å². The summed E-state index contributed by atoms with van der Waals surface area (Å²) in [5.74, 6) is 0. The summed E-state index contributed by atoms with van der Waals surface area (Å²) >= 11 is 12.2. The average molecular weight is 275 g/mol. The molecule has 1 heterocycles. The van der Waals surface area contributed by atoms with Crippen molar-refractivity contribution in [2.24, 2.45) is 0 Å². The third-order valence-corrected chi connectivity index (χ3v) is 3.56. The number of nitrogens with two attached hydrogens (primary N) is 1. The highest BCUT2D eigenvalue weighted by Crippen LogP contribution is 2.34. The molecule has 94 valence electrons. The van der Waals surface area contributed by atoms with Crippen LogP contribution in [0.15, 0.2) is 12.1 Å². The molecule has 0 saturated carbocycles. The van der Waals surface area contributed by atoms with Gasteiger partial charge in [0.25, 0.3) is 0 Å². The number of anilines is 2. The molecule has 3 nitrogen and oxygen atoms in total. The maximum Gasteiger partial charge on any atom is 0.0774 e. The molecule has 1 fully saturated rings. The van der Waals surface area contributed by atoms with Gasteiger partial charge in [-0.2, -0.15) is 0 Å². The first-order chi connectivity index (χ1) is 8.08. The lowest BCUT2D eigenvalue weighted by Crippen LogP contribution is -2.30. The van der Waals surface area contributed by atoms with E-state index in [0.29, 0.717) is 15.7 Å². The second kappa shape index (κ2) is 5.34. The van der Waals surface area contributed by atoms with Gasteiger partial charge >= 0.3 is 0 Å². The van der Waals surface area contributed by atoms with Crippen molar-refractivity contribution in [2.75, 3.05) is 17.7 Å². The van der Waals surface area contributed by atoms with Crippen LogP contribution in [0.3, 0.4) is 0 Å². The number of nitrogen functional groups attached to an aromatic ring is 1. The summed E-state index contributed by atoms with van der Waals surface area (Å²) < 4.78 is 5.62. The number of hydrogen-bond acceptors (Lipinski definition) is 3. The van der Waals surface area contributed by atoms with Crippen molar-refractivity contribution >= 4 is 34.6 Å². The lowest BCUT2D eigenvalue weighted by Gasteiger charge is -2.22. The SMILES string of the molecule is CC(Nc1c(Cl)cc(N)cc1Cl)C1CCCO1. The van der Waals surface area contributed by atoms with Crippen LogP contribution in [0.4, 0.5) is 11.4 Å². The van der Waals surface area contributed by atoms with Crippen LogP contribution in [0.2, 0.25) is 10.0 Å². The van der Waals surface area contributed by atoms with E-state index in [0.717, 1.165) is 25.1 Å². The Bertz CT molecular complexity index is 382. The van der Waals surface area contributed by atoms with Crippen molar-refractivity contribution in [1.29, 1.82) is 0 Å². The predicted octanol–water partition coefficient (Wildman–Crippen LogP) is 3.56. The van der Waals surface area contributed by atoms with Crippen LogP contribution in [0.1, 0.15) is 19.8 Å². The number of halogens is 2. The molecule has 0 bridgehead atoms. The second-order valence-electron chi connectivity index (χ2n) is 4.34. The van der Waals surface area contributed by atoms with Crippen LogP contribution in [0.5, 0.6) is 0 Å². The maximum absolute atomic E-state index is 6.12. The summed E-state index contributed by atoms with van der Waals surface area (Å²) in [5.41, 5.74) is 6.95. The van der Waals surface area contributed by atoms with Gasteiger partial charge in [0.1, 0.15) is 0 Å². The minimum absolute atomic E-state index is 0.177. The number of benzene rings is 1. The minimum Gasteiger partial charge on any atom is -0.399 e. The highest BCUT2D eigenvalue weighted by Gasteiger charge is 2.23. The Kier molecular flexibility index (Phi) is 4.02. The topological polar surface area (TPSA) is 47.3 Å². The van der Waals surface area contributed by atoms with Gasteiger partial charge < -0.3 is 15.8 Å². The first kappa shape index (κ1) is 12.8. The van der Waals surface area contributed by atoms with Crippen LogP contribution in [-0.2, 0) is 4.74 Å². The smallest absolute Gasteiger partial charge is 0.0774 e. The van der Waals surface area contributed by atoms with Gasteiger partial charge in [-0.05, 0) is 31.9 Å². The van der Waals surface area contributed by atoms with Crippen molar-refractivity contribution < 1.29 is 4.74 Å². The van der Waals surface area contributed by atoms with Gasteiger partial charge in [0, 0.05) is 18.3 Å². The summed E-state index contributed by atoms with van der Waals surface area (Å²) in [4.78, 5) is 0.